The number of rotatable bonds is 6. The fourth-order valence-corrected chi connectivity index (χ4v) is 3.25. The fraction of sp³-hybridized carbons (Fsp3) is 0.211. The summed E-state index contributed by atoms with van der Waals surface area (Å²) in [6.45, 7) is 1.36. The van der Waals surface area contributed by atoms with E-state index in [0.717, 1.165) is 21.7 Å². The summed E-state index contributed by atoms with van der Waals surface area (Å²) in [5.74, 6) is 0.925. The molecule has 0 bridgehead atoms. The Hall–Kier alpha value is -3.13. The molecule has 3 aromatic rings. The molecule has 0 fully saturated rings. The Morgan fingerprint density at radius 2 is 1.85 bits per heavy atom. The van der Waals surface area contributed by atoms with Gasteiger partial charge in [-0.25, -0.2) is 4.98 Å². The van der Waals surface area contributed by atoms with Crippen LogP contribution in [0, 0.1) is 0 Å². The predicted octanol–water partition coefficient (Wildman–Crippen LogP) is 3.31. The second-order valence-corrected chi connectivity index (χ2v) is 6.79. The van der Waals surface area contributed by atoms with Gasteiger partial charge in [0.25, 0.3) is 5.91 Å². The first kappa shape index (κ1) is 18.7. The third kappa shape index (κ3) is 4.53. The summed E-state index contributed by atoms with van der Waals surface area (Å²) >= 11 is 1.37. The van der Waals surface area contributed by atoms with E-state index in [4.69, 9.17) is 9.47 Å². The lowest BCUT2D eigenvalue weighted by molar-refractivity contribution is -0.118. The highest BCUT2D eigenvalue weighted by Gasteiger charge is 2.10. The number of fused-ring (bicyclic) bond motifs is 1. The number of benzene rings is 2. The smallest absolute Gasteiger partial charge is 0.264 e. The van der Waals surface area contributed by atoms with E-state index in [-0.39, 0.29) is 18.4 Å². The van der Waals surface area contributed by atoms with E-state index in [2.05, 4.69) is 10.3 Å². The van der Waals surface area contributed by atoms with E-state index in [1.807, 2.05) is 18.2 Å². The van der Waals surface area contributed by atoms with Crippen LogP contribution in [0.25, 0.3) is 10.2 Å². The zero-order valence-corrected chi connectivity index (χ0v) is 16.0. The summed E-state index contributed by atoms with van der Waals surface area (Å²) in [7, 11) is 3.30. The van der Waals surface area contributed by atoms with Crippen molar-refractivity contribution in [1.29, 1.82) is 0 Å². The maximum absolute atomic E-state index is 12.1. The van der Waals surface area contributed by atoms with Gasteiger partial charge in [-0.2, -0.15) is 0 Å². The van der Waals surface area contributed by atoms with Crippen molar-refractivity contribution in [2.75, 3.05) is 31.0 Å². The number of anilines is 2. The molecule has 0 spiro atoms. The first-order chi connectivity index (χ1) is 13.0. The van der Waals surface area contributed by atoms with Crippen molar-refractivity contribution in [3.8, 4) is 11.5 Å². The van der Waals surface area contributed by atoms with Gasteiger partial charge in [0, 0.05) is 19.7 Å². The second kappa shape index (κ2) is 8.05. The van der Waals surface area contributed by atoms with Gasteiger partial charge in [-0.1, -0.05) is 11.3 Å². The number of thiazole rings is 1. The maximum Gasteiger partial charge on any atom is 0.264 e. The Bertz CT molecular complexity index is 969. The molecule has 140 valence electrons. The van der Waals surface area contributed by atoms with E-state index in [9.17, 15) is 9.59 Å². The molecule has 0 atom stereocenters. The summed E-state index contributed by atoms with van der Waals surface area (Å²) in [4.78, 5) is 29.3. The summed E-state index contributed by atoms with van der Waals surface area (Å²) in [5, 5.41) is 3.24. The summed E-state index contributed by atoms with van der Waals surface area (Å²) in [6.07, 6.45) is 0. The van der Waals surface area contributed by atoms with Crippen molar-refractivity contribution in [2.24, 2.45) is 0 Å². The van der Waals surface area contributed by atoms with Crippen LogP contribution >= 0.6 is 11.3 Å². The minimum Gasteiger partial charge on any atom is -0.497 e. The van der Waals surface area contributed by atoms with Crippen LogP contribution in [0.2, 0.25) is 0 Å². The third-order valence-electron chi connectivity index (χ3n) is 3.91. The molecule has 0 radical (unpaired) electrons. The van der Waals surface area contributed by atoms with Crippen LogP contribution in [0.4, 0.5) is 10.8 Å². The van der Waals surface area contributed by atoms with Crippen molar-refractivity contribution in [2.45, 2.75) is 6.92 Å². The highest BCUT2D eigenvalue weighted by Crippen LogP contribution is 2.29. The van der Waals surface area contributed by atoms with Crippen molar-refractivity contribution in [1.82, 2.24) is 4.98 Å². The Kier molecular flexibility index (Phi) is 5.56. The van der Waals surface area contributed by atoms with Crippen molar-refractivity contribution < 1.29 is 19.1 Å². The van der Waals surface area contributed by atoms with Gasteiger partial charge in [-0.3, -0.25) is 14.9 Å². The van der Waals surface area contributed by atoms with Crippen LogP contribution in [0.5, 0.6) is 11.5 Å². The first-order valence-corrected chi connectivity index (χ1v) is 8.99. The second-order valence-electron chi connectivity index (χ2n) is 5.76. The number of carbonyl (C=O) groups is 2. The van der Waals surface area contributed by atoms with Gasteiger partial charge >= 0.3 is 0 Å². The van der Waals surface area contributed by atoms with Crippen molar-refractivity contribution >= 4 is 44.2 Å². The number of hydrogen-bond acceptors (Lipinski definition) is 6. The maximum atomic E-state index is 12.1. The zero-order valence-electron chi connectivity index (χ0n) is 15.2. The van der Waals surface area contributed by atoms with E-state index < -0.39 is 0 Å². The van der Waals surface area contributed by atoms with Crippen molar-refractivity contribution in [3.63, 3.8) is 0 Å². The summed E-state index contributed by atoms with van der Waals surface area (Å²) in [6, 6.07) is 12.5. The van der Waals surface area contributed by atoms with E-state index in [0.29, 0.717) is 10.9 Å². The molecule has 0 unspecified atom stereocenters. The number of hydrogen-bond donors (Lipinski definition) is 1. The van der Waals surface area contributed by atoms with Gasteiger partial charge in [0.05, 0.1) is 17.3 Å². The van der Waals surface area contributed by atoms with E-state index in [1.165, 1.54) is 23.2 Å². The van der Waals surface area contributed by atoms with E-state index in [1.54, 1.807) is 38.4 Å². The number of carbonyl (C=O) groups excluding carboxylic acids is 2. The summed E-state index contributed by atoms with van der Waals surface area (Å²) < 4.78 is 11.6. The molecule has 2 amide bonds. The van der Waals surface area contributed by atoms with Crippen molar-refractivity contribution in [3.05, 3.63) is 42.5 Å². The quantitative estimate of drug-likeness (QED) is 0.704. The monoisotopic (exact) mass is 385 g/mol. The molecule has 0 saturated heterocycles. The molecule has 3 rings (SSSR count). The molecular weight excluding hydrogens is 366 g/mol. The SMILES string of the molecule is COc1ccc2nc(NC(=O)COc3ccc(N(C)C(C)=O)cc3)sc2c1. The molecule has 0 aliphatic heterocycles. The molecule has 0 aliphatic rings. The minimum atomic E-state index is -0.300. The molecule has 27 heavy (non-hydrogen) atoms. The minimum absolute atomic E-state index is 0.0588. The molecule has 7 nitrogen and oxygen atoms in total. The van der Waals surface area contributed by atoms with Gasteiger partial charge in [0.1, 0.15) is 11.5 Å². The molecule has 2 aromatic carbocycles. The third-order valence-corrected chi connectivity index (χ3v) is 4.84. The van der Waals surface area contributed by atoms with Gasteiger partial charge < -0.3 is 14.4 Å². The highest BCUT2D eigenvalue weighted by atomic mass is 32.1. The van der Waals surface area contributed by atoms with Crippen LogP contribution in [0.3, 0.4) is 0 Å². The molecule has 1 aromatic heterocycles. The Morgan fingerprint density at radius 1 is 1.15 bits per heavy atom. The Morgan fingerprint density at radius 3 is 2.52 bits per heavy atom. The van der Waals surface area contributed by atoms with Crippen LogP contribution in [-0.4, -0.2) is 37.6 Å². The Labute approximate surface area is 160 Å². The first-order valence-electron chi connectivity index (χ1n) is 8.18. The van der Waals surface area contributed by atoms with Gasteiger partial charge in [-0.15, -0.1) is 0 Å². The predicted molar refractivity (Wildman–Crippen MR) is 106 cm³/mol. The largest absolute Gasteiger partial charge is 0.497 e. The highest BCUT2D eigenvalue weighted by molar-refractivity contribution is 7.22. The molecule has 8 heteroatoms. The fourth-order valence-electron chi connectivity index (χ4n) is 2.34. The number of ether oxygens (including phenoxy) is 2. The normalized spacial score (nSPS) is 10.5. The van der Waals surface area contributed by atoms with Crippen LogP contribution in [-0.2, 0) is 9.59 Å². The molecule has 1 heterocycles. The lowest BCUT2D eigenvalue weighted by Gasteiger charge is -2.15. The van der Waals surface area contributed by atoms with Gasteiger partial charge in [0.2, 0.25) is 5.91 Å². The van der Waals surface area contributed by atoms with Crippen LogP contribution in [0.15, 0.2) is 42.5 Å². The molecule has 0 saturated carbocycles. The van der Waals surface area contributed by atoms with Crippen LogP contribution < -0.4 is 19.7 Å². The van der Waals surface area contributed by atoms with Gasteiger partial charge in [0.15, 0.2) is 11.7 Å². The van der Waals surface area contributed by atoms with Crippen LogP contribution in [0.1, 0.15) is 6.92 Å². The number of methoxy groups -OCH3 is 1. The molecule has 1 N–H and O–H groups in total. The zero-order chi connectivity index (χ0) is 19.4. The van der Waals surface area contributed by atoms with E-state index >= 15 is 0 Å². The topological polar surface area (TPSA) is 80.8 Å². The standard InChI is InChI=1S/C19H19N3O4S/c1-12(23)22(2)13-4-6-14(7-5-13)26-11-18(24)21-19-20-16-9-8-15(25-3)10-17(16)27-19/h4-10H,11H2,1-3H3,(H,20,21,24). The molecule has 0 aliphatic carbocycles. The average molecular weight is 385 g/mol. The van der Waals surface area contributed by atoms with Gasteiger partial charge in [-0.05, 0) is 42.5 Å². The summed E-state index contributed by atoms with van der Waals surface area (Å²) in [5.41, 5.74) is 1.55. The number of amides is 2. The molecular formula is C19H19N3O4S. The average Bonchev–Trinajstić information content (AvgIpc) is 3.07. The number of nitrogens with zero attached hydrogens (tertiary/aromatic N) is 2. The Balaban J connectivity index is 1.57. The lowest BCUT2D eigenvalue weighted by atomic mass is 10.3. The number of nitrogens with one attached hydrogen (secondary N) is 1. The lowest BCUT2D eigenvalue weighted by Crippen LogP contribution is -2.22. The number of aromatic nitrogens is 1.